The van der Waals surface area contributed by atoms with E-state index in [1.165, 1.54) is 0 Å². The third-order valence-corrected chi connectivity index (χ3v) is 2.23. The summed E-state index contributed by atoms with van der Waals surface area (Å²) in [5.74, 6) is -0.0907. The van der Waals surface area contributed by atoms with Gasteiger partial charge in [0.05, 0.1) is 11.0 Å². The number of allylic oxidation sites excluding steroid dienone is 1. The van der Waals surface area contributed by atoms with Gasteiger partial charge in [0, 0.05) is 7.05 Å². The summed E-state index contributed by atoms with van der Waals surface area (Å²) < 4.78 is 1.68. The second-order valence-corrected chi connectivity index (χ2v) is 3.15. The third kappa shape index (κ3) is 2.19. The molecule has 2 rings (SSSR count). The van der Waals surface area contributed by atoms with Gasteiger partial charge in [-0.05, 0) is 18.2 Å². The molecule has 0 spiro atoms. The van der Waals surface area contributed by atoms with Gasteiger partial charge in [0.25, 0.3) is 0 Å². The molecule has 0 atom stereocenters. The molecule has 0 radical (unpaired) electrons. The molecule has 4 nitrogen and oxygen atoms in total. The summed E-state index contributed by atoms with van der Waals surface area (Å²) >= 11 is 0. The first kappa shape index (κ1) is 13.0. The quantitative estimate of drug-likeness (QED) is 0.248. The number of nitrogens with zero attached hydrogens (tertiary/aromatic N) is 2. The van der Waals surface area contributed by atoms with E-state index < -0.39 is 0 Å². The molecule has 0 aliphatic heterocycles. The molecule has 0 aliphatic carbocycles. The van der Waals surface area contributed by atoms with Gasteiger partial charge in [0.15, 0.2) is 5.82 Å². The number of aromatic nitrogens is 2. The van der Waals surface area contributed by atoms with E-state index in [4.69, 9.17) is 0 Å². The van der Waals surface area contributed by atoms with E-state index in [0.29, 0.717) is 6.26 Å². The fraction of sp³-hybridized carbons (Fsp3) is 0.0909. The molecule has 1 aromatic carbocycles. The van der Waals surface area contributed by atoms with Crippen LogP contribution in [0.2, 0.25) is 0 Å². The number of carbonyl (C=O) groups excluding carboxylic acids is 1. The molecule has 0 amide bonds. The number of para-hydroxylation sites is 2. The first-order valence-electron chi connectivity index (χ1n) is 4.48. The van der Waals surface area contributed by atoms with Gasteiger partial charge in [-0.1, -0.05) is 12.1 Å². The monoisotopic (exact) mass is 224 g/mol. The normalized spacial score (nSPS) is 10.6. The molecule has 0 bridgehead atoms. The van der Waals surface area contributed by atoms with Crippen LogP contribution in [0.4, 0.5) is 0 Å². The molecule has 1 heterocycles. The van der Waals surface area contributed by atoms with Crippen molar-refractivity contribution < 1.29 is 39.5 Å². The molecular weight excluding hydrogens is 215 g/mol. The average Bonchev–Trinajstić information content (AvgIpc) is 2.57. The Labute approximate surface area is 115 Å². The van der Waals surface area contributed by atoms with Gasteiger partial charge in [-0.15, -0.1) is 6.26 Å². The molecule has 2 aromatic rings. The van der Waals surface area contributed by atoms with Gasteiger partial charge >= 0.3 is 29.6 Å². The number of carbonyl (C=O) groups is 1. The number of ketones is 1. The van der Waals surface area contributed by atoms with Gasteiger partial charge in [-0.3, -0.25) is 4.79 Å². The molecule has 0 saturated carbocycles. The largest absolute Gasteiger partial charge is 1.00 e. The zero-order chi connectivity index (χ0) is 10.8. The van der Waals surface area contributed by atoms with Gasteiger partial charge in [0.1, 0.15) is 0 Å². The Hall–Kier alpha value is -1.10. The van der Waals surface area contributed by atoms with Gasteiger partial charge in [0.2, 0.25) is 5.78 Å². The van der Waals surface area contributed by atoms with E-state index in [0.717, 1.165) is 17.1 Å². The van der Waals surface area contributed by atoms with E-state index >= 15 is 0 Å². The maximum absolute atomic E-state index is 11.5. The number of hydrogen-bond donors (Lipinski definition) is 0. The van der Waals surface area contributed by atoms with E-state index in [1.54, 1.807) is 11.6 Å². The van der Waals surface area contributed by atoms with Crippen molar-refractivity contribution in [2.24, 2.45) is 7.05 Å². The van der Waals surface area contributed by atoms with Crippen molar-refractivity contribution in [1.82, 2.24) is 9.55 Å². The molecule has 16 heavy (non-hydrogen) atoms. The molecule has 0 N–H and O–H groups in total. The number of aryl methyl sites for hydroxylation is 1. The minimum Gasteiger partial charge on any atom is -0.878 e. The minimum absolute atomic E-state index is 0. The van der Waals surface area contributed by atoms with Crippen molar-refractivity contribution in [3.05, 3.63) is 42.4 Å². The van der Waals surface area contributed by atoms with Crippen LogP contribution < -0.4 is 34.7 Å². The number of imidazole rings is 1. The zero-order valence-corrected chi connectivity index (χ0v) is 11.2. The fourth-order valence-electron chi connectivity index (χ4n) is 1.50. The van der Waals surface area contributed by atoms with Crippen LogP contribution >= 0.6 is 0 Å². The van der Waals surface area contributed by atoms with Crippen LogP contribution in [-0.4, -0.2) is 15.3 Å². The Morgan fingerprint density at radius 1 is 1.44 bits per heavy atom. The topological polar surface area (TPSA) is 58.0 Å². The second-order valence-electron chi connectivity index (χ2n) is 3.15. The van der Waals surface area contributed by atoms with Crippen LogP contribution in [0.25, 0.3) is 11.0 Å². The molecule has 76 valence electrons. The summed E-state index contributed by atoms with van der Waals surface area (Å²) in [7, 11) is 1.75. The average molecular weight is 224 g/mol. The van der Waals surface area contributed by atoms with Crippen LogP contribution in [0, 0.1) is 0 Å². The summed E-state index contributed by atoms with van der Waals surface area (Å²) in [5, 5.41) is 10.2. The second kappa shape index (κ2) is 5.30. The standard InChI is InChI=1S/C11H10N2O2.Na/c1-13-9-5-3-2-4-8(9)12-11(13)10(15)6-7-14;/h2-7,14H,1H3;/q;+1/p-1/b7-6+;. The summed E-state index contributed by atoms with van der Waals surface area (Å²) in [6, 6.07) is 7.43. The minimum atomic E-state index is -0.372. The molecule has 0 aliphatic rings. The Balaban J connectivity index is 0.00000128. The summed E-state index contributed by atoms with van der Waals surface area (Å²) in [5.41, 5.74) is 1.63. The SMILES string of the molecule is Cn1c(C(=O)/C=C/[O-])nc2ccccc21.[Na+]. The van der Waals surface area contributed by atoms with Gasteiger partial charge < -0.3 is 9.67 Å². The summed E-state index contributed by atoms with van der Waals surface area (Å²) in [6.07, 6.45) is 1.45. The predicted molar refractivity (Wildman–Crippen MR) is 54.2 cm³/mol. The maximum atomic E-state index is 11.5. The van der Waals surface area contributed by atoms with Crippen molar-refractivity contribution in [1.29, 1.82) is 0 Å². The maximum Gasteiger partial charge on any atom is 1.00 e. The Kier molecular flexibility index (Phi) is 4.29. The smallest absolute Gasteiger partial charge is 0.878 e. The van der Waals surface area contributed by atoms with Crippen molar-refractivity contribution in [2.75, 3.05) is 0 Å². The number of benzene rings is 1. The first-order valence-corrected chi connectivity index (χ1v) is 4.48. The molecule has 0 saturated heterocycles. The van der Waals surface area contributed by atoms with Crippen molar-refractivity contribution >= 4 is 16.8 Å². The van der Waals surface area contributed by atoms with E-state index in [9.17, 15) is 9.90 Å². The molecule has 1 aromatic heterocycles. The van der Waals surface area contributed by atoms with Crippen molar-refractivity contribution in [3.8, 4) is 0 Å². The Bertz CT molecular complexity index is 546. The first-order chi connectivity index (χ1) is 7.24. The third-order valence-electron chi connectivity index (χ3n) is 2.23. The van der Waals surface area contributed by atoms with Crippen LogP contribution in [0.1, 0.15) is 10.6 Å². The number of hydrogen-bond acceptors (Lipinski definition) is 3. The van der Waals surface area contributed by atoms with Crippen LogP contribution in [-0.2, 0) is 7.05 Å². The van der Waals surface area contributed by atoms with E-state index in [1.807, 2.05) is 24.3 Å². The Morgan fingerprint density at radius 2 is 2.12 bits per heavy atom. The Morgan fingerprint density at radius 3 is 2.75 bits per heavy atom. The summed E-state index contributed by atoms with van der Waals surface area (Å²) in [6.45, 7) is 0. The van der Waals surface area contributed by atoms with Gasteiger partial charge in [-0.2, -0.15) is 0 Å². The zero-order valence-electron chi connectivity index (χ0n) is 9.18. The van der Waals surface area contributed by atoms with Crippen molar-refractivity contribution in [2.45, 2.75) is 0 Å². The molecular formula is C11H9N2NaO2. The van der Waals surface area contributed by atoms with E-state index in [2.05, 4.69) is 4.98 Å². The van der Waals surface area contributed by atoms with Crippen LogP contribution in [0.15, 0.2) is 36.6 Å². The number of fused-ring (bicyclic) bond motifs is 1. The van der Waals surface area contributed by atoms with Crippen LogP contribution in [0.3, 0.4) is 0 Å². The molecule has 5 heteroatoms. The van der Waals surface area contributed by atoms with Crippen molar-refractivity contribution in [3.63, 3.8) is 0 Å². The molecule has 0 fully saturated rings. The predicted octanol–water partition coefficient (Wildman–Crippen LogP) is -2.37. The fourth-order valence-corrected chi connectivity index (χ4v) is 1.50. The number of rotatable bonds is 2. The summed E-state index contributed by atoms with van der Waals surface area (Å²) in [4.78, 5) is 15.6. The van der Waals surface area contributed by atoms with Gasteiger partial charge in [-0.25, -0.2) is 4.98 Å². The van der Waals surface area contributed by atoms with E-state index in [-0.39, 0.29) is 41.2 Å². The molecule has 0 unspecified atom stereocenters. The van der Waals surface area contributed by atoms with Crippen LogP contribution in [0.5, 0.6) is 0 Å².